The number of imidazole rings is 1. The summed E-state index contributed by atoms with van der Waals surface area (Å²) in [6.45, 7) is 2.87. The zero-order chi connectivity index (χ0) is 26.6. The lowest BCUT2D eigenvalue weighted by molar-refractivity contribution is 0.0526. The molecule has 0 radical (unpaired) electrons. The molecule has 0 aliphatic heterocycles. The van der Waals surface area contributed by atoms with Crippen LogP contribution < -0.4 is 15.2 Å². The molecule has 196 valence electrons. The number of carbonyl (C=O) groups excluding carboxylic acids is 1. The Morgan fingerprint density at radius 1 is 1.03 bits per heavy atom. The minimum Gasteiger partial charge on any atom is -0.493 e. The van der Waals surface area contributed by atoms with E-state index in [2.05, 4.69) is 0 Å². The maximum Gasteiger partial charge on any atom is 0.338 e. The molecule has 1 heterocycles. The van der Waals surface area contributed by atoms with Gasteiger partial charge in [0.15, 0.2) is 11.5 Å². The first-order valence-electron chi connectivity index (χ1n) is 11.2. The fraction of sp³-hybridized carbons (Fsp3) is 0.417. The van der Waals surface area contributed by atoms with Crippen LogP contribution in [0, 0.1) is 0 Å². The van der Waals surface area contributed by atoms with Crippen LogP contribution in [0.15, 0.2) is 41.2 Å². The van der Waals surface area contributed by atoms with E-state index in [1.807, 2.05) is 0 Å². The molecule has 1 aromatic heterocycles. The summed E-state index contributed by atoms with van der Waals surface area (Å²) in [6, 6.07) is 7.78. The lowest BCUT2D eigenvalue weighted by atomic mass is 10.1. The first-order valence-corrected chi connectivity index (χ1v) is 13.2. The average molecular weight is 527 g/mol. The van der Waals surface area contributed by atoms with Gasteiger partial charge in [0.25, 0.3) is 6.43 Å². The first kappa shape index (κ1) is 27.2. The number of sulfone groups is 1. The van der Waals surface area contributed by atoms with Crippen LogP contribution in [0.3, 0.4) is 0 Å². The van der Waals surface area contributed by atoms with E-state index in [-0.39, 0.29) is 23.2 Å². The standard InChI is InChI=1S/C24H28F2N2O7S/c1-5-34-21-12-15(8-10-20(21)33-3)19(14-36(4,31)32)28-17-9-7-16(23(29)35-6-2)11-18(17)27(24(28)30)13-22(25)26/h7-12,19,22H,5-6,13-14H2,1-4H3/t19-/m0/s1. The Morgan fingerprint density at radius 3 is 2.33 bits per heavy atom. The third-order valence-corrected chi connectivity index (χ3v) is 6.36. The van der Waals surface area contributed by atoms with Gasteiger partial charge in [0, 0.05) is 6.26 Å². The molecule has 0 unspecified atom stereocenters. The van der Waals surface area contributed by atoms with Gasteiger partial charge in [0.1, 0.15) is 9.84 Å². The lowest BCUT2D eigenvalue weighted by Gasteiger charge is -2.20. The van der Waals surface area contributed by atoms with Gasteiger partial charge in [-0.25, -0.2) is 26.8 Å². The third kappa shape index (κ3) is 5.86. The average Bonchev–Trinajstić information content (AvgIpc) is 3.07. The summed E-state index contributed by atoms with van der Waals surface area (Å²) in [5.41, 5.74) is -0.114. The summed E-state index contributed by atoms with van der Waals surface area (Å²) in [5.74, 6) is -0.416. The number of alkyl halides is 2. The van der Waals surface area contributed by atoms with E-state index in [0.29, 0.717) is 23.7 Å². The van der Waals surface area contributed by atoms with Gasteiger partial charge in [-0.15, -0.1) is 0 Å². The van der Waals surface area contributed by atoms with Crippen LogP contribution in [0.1, 0.15) is 35.8 Å². The fourth-order valence-corrected chi connectivity index (χ4v) is 4.93. The van der Waals surface area contributed by atoms with Crippen molar-refractivity contribution in [1.82, 2.24) is 9.13 Å². The Labute approximate surface area is 207 Å². The third-order valence-electron chi connectivity index (χ3n) is 5.44. The molecular weight excluding hydrogens is 498 g/mol. The van der Waals surface area contributed by atoms with Gasteiger partial charge >= 0.3 is 11.7 Å². The molecule has 0 spiro atoms. The van der Waals surface area contributed by atoms with Crippen molar-refractivity contribution in [2.75, 3.05) is 32.3 Å². The van der Waals surface area contributed by atoms with Crippen molar-refractivity contribution >= 4 is 26.8 Å². The second-order valence-electron chi connectivity index (χ2n) is 8.03. The minimum absolute atomic E-state index is 0.0582. The van der Waals surface area contributed by atoms with E-state index >= 15 is 0 Å². The summed E-state index contributed by atoms with van der Waals surface area (Å²) >= 11 is 0. The van der Waals surface area contributed by atoms with Crippen molar-refractivity contribution in [2.45, 2.75) is 32.9 Å². The van der Waals surface area contributed by atoms with Crippen molar-refractivity contribution in [3.05, 3.63) is 58.0 Å². The van der Waals surface area contributed by atoms with Crippen molar-refractivity contribution in [3.63, 3.8) is 0 Å². The molecule has 0 N–H and O–H groups in total. The number of halogens is 2. The predicted octanol–water partition coefficient (Wildman–Crippen LogP) is 3.29. The number of hydrogen-bond donors (Lipinski definition) is 0. The van der Waals surface area contributed by atoms with E-state index in [1.54, 1.807) is 32.0 Å². The number of rotatable bonds is 11. The van der Waals surface area contributed by atoms with Crippen LogP contribution in [0.25, 0.3) is 11.0 Å². The van der Waals surface area contributed by atoms with Crippen molar-refractivity contribution in [1.29, 1.82) is 0 Å². The summed E-state index contributed by atoms with van der Waals surface area (Å²) in [4.78, 5) is 25.7. The second kappa shape index (κ2) is 11.1. The van der Waals surface area contributed by atoms with Crippen molar-refractivity contribution in [2.24, 2.45) is 0 Å². The number of fused-ring (bicyclic) bond motifs is 1. The first-order chi connectivity index (χ1) is 17.0. The second-order valence-corrected chi connectivity index (χ2v) is 10.2. The number of aromatic nitrogens is 2. The van der Waals surface area contributed by atoms with Gasteiger partial charge in [0.05, 0.1) is 55.3 Å². The highest BCUT2D eigenvalue weighted by Crippen LogP contribution is 2.33. The number of ether oxygens (including phenoxy) is 3. The molecule has 0 aliphatic rings. The molecule has 0 fully saturated rings. The van der Waals surface area contributed by atoms with E-state index in [4.69, 9.17) is 14.2 Å². The number of hydrogen-bond acceptors (Lipinski definition) is 7. The van der Waals surface area contributed by atoms with Crippen molar-refractivity contribution < 1.29 is 36.2 Å². The monoisotopic (exact) mass is 526 g/mol. The van der Waals surface area contributed by atoms with Crippen molar-refractivity contribution in [3.8, 4) is 11.5 Å². The molecule has 0 aliphatic carbocycles. The Bertz CT molecular complexity index is 1410. The smallest absolute Gasteiger partial charge is 0.338 e. The van der Waals surface area contributed by atoms with Gasteiger partial charge in [0.2, 0.25) is 0 Å². The van der Waals surface area contributed by atoms with Crippen LogP contribution in [0.4, 0.5) is 8.78 Å². The maximum atomic E-state index is 13.5. The molecule has 9 nitrogen and oxygen atoms in total. The maximum absolute atomic E-state index is 13.5. The van der Waals surface area contributed by atoms with Gasteiger partial charge in [-0.1, -0.05) is 6.07 Å². The minimum atomic E-state index is -3.65. The molecule has 2 aromatic carbocycles. The van der Waals surface area contributed by atoms with E-state index in [1.165, 1.54) is 25.3 Å². The predicted molar refractivity (Wildman–Crippen MR) is 130 cm³/mol. The fourth-order valence-electron chi connectivity index (χ4n) is 4.01. The molecule has 0 bridgehead atoms. The Morgan fingerprint density at radius 2 is 1.75 bits per heavy atom. The summed E-state index contributed by atoms with van der Waals surface area (Å²) in [5, 5.41) is 0. The number of esters is 1. The topological polar surface area (TPSA) is 106 Å². The van der Waals surface area contributed by atoms with Crippen LogP contribution in [0.5, 0.6) is 11.5 Å². The SMILES string of the molecule is CCOC(=O)c1ccc2c(c1)n(CC(F)F)c(=O)n2[C@@H](CS(C)(=O)=O)c1ccc(OC)c(OCC)c1. The number of carbonyl (C=O) groups is 1. The quantitative estimate of drug-likeness (QED) is 0.353. The normalized spacial score (nSPS) is 12.6. The van der Waals surface area contributed by atoms with Gasteiger partial charge in [-0.05, 0) is 49.7 Å². The molecule has 3 rings (SSSR count). The van der Waals surface area contributed by atoms with Crippen LogP contribution in [-0.4, -0.2) is 62.3 Å². The summed E-state index contributed by atoms with van der Waals surface area (Å²) < 4.78 is 69.6. The Hall–Kier alpha value is -3.41. The summed E-state index contributed by atoms with van der Waals surface area (Å²) in [7, 11) is -2.20. The number of benzene rings is 2. The molecule has 36 heavy (non-hydrogen) atoms. The molecule has 12 heteroatoms. The zero-order valence-corrected chi connectivity index (χ0v) is 21.2. The highest BCUT2D eigenvalue weighted by molar-refractivity contribution is 7.90. The van der Waals surface area contributed by atoms with Crippen LogP contribution in [-0.2, 0) is 21.1 Å². The van der Waals surface area contributed by atoms with Gasteiger partial charge < -0.3 is 14.2 Å². The highest BCUT2D eigenvalue weighted by atomic mass is 32.2. The molecule has 0 amide bonds. The largest absolute Gasteiger partial charge is 0.493 e. The molecule has 3 aromatic rings. The van der Waals surface area contributed by atoms with Gasteiger partial charge in [-0.2, -0.15) is 0 Å². The zero-order valence-electron chi connectivity index (χ0n) is 20.4. The van der Waals surface area contributed by atoms with E-state index < -0.39 is 46.3 Å². The van der Waals surface area contributed by atoms with Gasteiger partial charge in [-0.3, -0.25) is 9.13 Å². The molecular formula is C24H28F2N2O7S. The number of nitrogens with zero attached hydrogens (tertiary/aromatic N) is 2. The number of methoxy groups -OCH3 is 1. The van der Waals surface area contributed by atoms with Crippen LogP contribution in [0.2, 0.25) is 0 Å². The van der Waals surface area contributed by atoms with Crippen LogP contribution >= 0.6 is 0 Å². The summed E-state index contributed by atoms with van der Waals surface area (Å²) in [6.07, 6.45) is -1.85. The highest BCUT2D eigenvalue weighted by Gasteiger charge is 2.28. The molecule has 0 saturated carbocycles. The Balaban J connectivity index is 2.32. The van der Waals surface area contributed by atoms with E-state index in [9.17, 15) is 26.8 Å². The lowest BCUT2D eigenvalue weighted by Crippen LogP contribution is -2.32. The molecule has 0 saturated heterocycles. The Kier molecular flexibility index (Phi) is 8.39. The van der Waals surface area contributed by atoms with E-state index in [0.717, 1.165) is 15.4 Å². The molecule has 1 atom stereocenters.